The average molecular weight is 303 g/mol. The molecule has 0 radical (unpaired) electrons. The van der Waals surface area contributed by atoms with Crippen LogP contribution in [0.25, 0.3) is 0 Å². The topological polar surface area (TPSA) is 42.0 Å². The van der Waals surface area contributed by atoms with Gasteiger partial charge in [0.05, 0.1) is 18.8 Å². The Bertz CT molecular complexity index is 285. The van der Waals surface area contributed by atoms with Crippen LogP contribution in [0, 0.1) is 5.92 Å². The molecule has 0 aromatic rings. The fourth-order valence-electron chi connectivity index (χ4n) is 3.28. The van der Waals surface area contributed by atoms with Crippen molar-refractivity contribution in [1.82, 2.24) is 0 Å². The first-order valence-electron chi connectivity index (χ1n) is 8.38. The number of ether oxygens (including phenoxy) is 1. The van der Waals surface area contributed by atoms with Crippen molar-refractivity contribution in [3.8, 4) is 0 Å². The molecule has 1 aliphatic rings. The summed E-state index contributed by atoms with van der Waals surface area (Å²) in [6, 6.07) is 3.57. The Labute approximate surface area is 126 Å². The number of hydrogen-bond donors (Lipinski definition) is 1. The summed E-state index contributed by atoms with van der Waals surface area (Å²) >= 11 is 0. The van der Waals surface area contributed by atoms with Gasteiger partial charge in [0.25, 0.3) is 0 Å². The highest BCUT2D eigenvalue weighted by Crippen LogP contribution is 2.43. The van der Waals surface area contributed by atoms with E-state index in [1.165, 1.54) is 18.1 Å². The fraction of sp³-hybridized carbons (Fsp3) is 1.00. The Hall–Kier alpha value is 0.0969. The van der Waals surface area contributed by atoms with Gasteiger partial charge < -0.3 is 14.3 Å². The maximum Gasteiger partial charge on any atom is 0.192 e. The molecule has 0 unspecified atom stereocenters. The Morgan fingerprint density at radius 3 is 2.10 bits per heavy atom. The van der Waals surface area contributed by atoms with E-state index in [1.54, 1.807) is 0 Å². The van der Waals surface area contributed by atoms with Gasteiger partial charge in [0.15, 0.2) is 8.32 Å². The monoisotopic (exact) mass is 302 g/mol. The smallest absolute Gasteiger partial charge is 0.192 e. The molecule has 1 rings (SSSR count). The molecule has 1 aliphatic heterocycles. The Balaban J connectivity index is 2.74. The van der Waals surface area contributed by atoms with E-state index in [0.717, 1.165) is 12.8 Å². The summed E-state index contributed by atoms with van der Waals surface area (Å²) in [5, 5.41) is 9.41. The van der Waals surface area contributed by atoms with E-state index in [4.69, 9.17) is 9.16 Å². The van der Waals surface area contributed by atoms with Crippen LogP contribution in [0.5, 0.6) is 0 Å². The molecule has 1 heterocycles. The third-order valence-corrected chi connectivity index (χ3v) is 9.90. The maximum atomic E-state index is 9.41. The van der Waals surface area contributed by atoms with Gasteiger partial charge in [0.2, 0.25) is 0 Å². The molecule has 0 saturated carbocycles. The molecule has 4 heteroatoms. The molecule has 0 bridgehead atoms. The quantitative estimate of drug-likeness (QED) is 0.490. The molecule has 1 fully saturated rings. The van der Waals surface area contributed by atoms with Gasteiger partial charge in [-0.15, -0.1) is 0 Å². The molecule has 20 heavy (non-hydrogen) atoms. The van der Waals surface area contributed by atoms with Crippen molar-refractivity contribution in [1.29, 1.82) is 0 Å². The minimum Gasteiger partial charge on any atom is -0.414 e. The van der Waals surface area contributed by atoms with Crippen molar-refractivity contribution in [2.45, 2.75) is 90.3 Å². The second-order valence-corrected chi connectivity index (χ2v) is 11.3. The van der Waals surface area contributed by atoms with E-state index in [1.807, 2.05) is 6.92 Å². The number of aliphatic hydroxyl groups is 1. The molecular formula is C16H34O3Si. The maximum absolute atomic E-state index is 9.41. The molecule has 4 atom stereocenters. The second-order valence-electron chi connectivity index (χ2n) is 6.56. The van der Waals surface area contributed by atoms with Crippen LogP contribution in [-0.4, -0.2) is 37.8 Å². The van der Waals surface area contributed by atoms with Crippen LogP contribution in [-0.2, 0) is 9.16 Å². The van der Waals surface area contributed by atoms with Gasteiger partial charge in [-0.1, -0.05) is 41.0 Å². The Kier molecular flexibility index (Phi) is 6.70. The lowest BCUT2D eigenvalue weighted by atomic mass is 9.91. The SMILES string of the molecule is CCC[C@@H](O[Si](CC)(CC)CC)[C@@H](C)[C@@H]1O[C@]1(C)CO. The summed E-state index contributed by atoms with van der Waals surface area (Å²) in [6.07, 6.45) is 2.67. The molecule has 0 amide bonds. The second kappa shape index (κ2) is 7.39. The zero-order valence-electron chi connectivity index (χ0n) is 14.2. The number of rotatable bonds is 10. The zero-order valence-corrected chi connectivity index (χ0v) is 15.2. The van der Waals surface area contributed by atoms with Crippen molar-refractivity contribution in [2.24, 2.45) is 5.92 Å². The van der Waals surface area contributed by atoms with Crippen LogP contribution in [0.2, 0.25) is 18.1 Å². The highest BCUT2D eigenvalue weighted by atomic mass is 28.4. The summed E-state index contributed by atoms with van der Waals surface area (Å²) in [5.74, 6) is 0.364. The van der Waals surface area contributed by atoms with E-state index < -0.39 is 8.32 Å². The number of epoxide rings is 1. The van der Waals surface area contributed by atoms with Gasteiger partial charge in [0, 0.05) is 5.92 Å². The Morgan fingerprint density at radius 2 is 1.75 bits per heavy atom. The molecule has 120 valence electrons. The largest absolute Gasteiger partial charge is 0.414 e. The van der Waals surface area contributed by atoms with E-state index in [0.29, 0.717) is 5.92 Å². The van der Waals surface area contributed by atoms with Crippen LogP contribution in [0.15, 0.2) is 0 Å². The summed E-state index contributed by atoms with van der Waals surface area (Å²) in [7, 11) is -1.57. The molecule has 0 aliphatic carbocycles. The van der Waals surface area contributed by atoms with Gasteiger partial charge in [-0.3, -0.25) is 0 Å². The predicted molar refractivity (Wildman–Crippen MR) is 86.5 cm³/mol. The summed E-state index contributed by atoms with van der Waals surface area (Å²) < 4.78 is 12.4. The van der Waals surface area contributed by atoms with E-state index in [-0.39, 0.29) is 24.4 Å². The molecule has 1 N–H and O–H groups in total. The van der Waals surface area contributed by atoms with Crippen LogP contribution < -0.4 is 0 Å². The van der Waals surface area contributed by atoms with Gasteiger partial charge in [-0.2, -0.15) is 0 Å². The molecular weight excluding hydrogens is 268 g/mol. The molecule has 1 saturated heterocycles. The van der Waals surface area contributed by atoms with Gasteiger partial charge >= 0.3 is 0 Å². The third-order valence-electron chi connectivity index (χ3n) is 5.23. The average Bonchev–Trinajstić information content (AvgIpc) is 3.16. The van der Waals surface area contributed by atoms with Crippen molar-refractivity contribution < 1.29 is 14.3 Å². The lowest BCUT2D eigenvalue weighted by Gasteiger charge is -2.36. The first kappa shape index (κ1) is 18.1. The number of hydrogen-bond acceptors (Lipinski definition) is 3. The van der Waals surface area contributed by atoms with Gasteiger partial charge in [-0.05, 0) is 31.5 Å². The standard InChI is InChI=1S/C16H34O3Si/c1-7-11-14(19-20(8-2,9-3)10-4)13(5)15-16(6,12-17)18-15/h13-15,17H,7-12H2,1-6H3/t13-,14-,15+,16-/m1/s1. The van der Waals surface area contributed by atoms with Gasteiger partial charge in [0.1, 0.15) is 5.60 Å². The van der Waals surface area contributed by atoms with Crippen molar-refractivity contribution in [3.05, 3.63) is 0 Å². The summed E-state index contributed by atoms with van der Waals surface area (Å²) in [4.78, 5) is 0. The van der Waals surface area contributed by atoms with Crippen LogP contribution in [0.3, 0.4) is 0 Å². The lowest BCUT2D eigenvalue weighted by Crippen LogP contribution is -2.43. The van der Waals surface area contributed by atoms with Crippen molar-refractivity contribution in [2.75, 3.05) is 6.61 Å². The minimum atomic E-state index is -1.57. The fourth-order valence-corrected chi connectivity index (χ4v) is 6.25. The number of aliphatic hydroxyl groups excluding tert-OH is 1. The van der Waals surface area contributed by atoms with Crippen molar-refractivity contribution in [3.63, 3.8) is 0 Å². The summed E-state index contributed by atoms with van der Waals surface area (Å²) in [6.45, 7) is 13.4. The van der Waals surface area contributed by atoms with E-state index in [2.05, 4.69) is 34.6 Å². The van der Waals surface area contributed by atoms with Crippen molar-refractivity contribution >= 4 is 8.32 Å². The molecule has 0 spiro atoms. The van der Waals surface area contributed by atoms with Gasteiger partial charge in [-0.25, -0.2) is 0 Å². The first-order chi connectivity index (χ1) is 9.41. The predicted octanol–water partition coefficient (Wildman–Crippen LogP) is 3.96. The van der Waals surface area contributed by atoms with Crippen LogP contribution in [0.1, 0.15) is 54.4 Å². The molecule has 0 aromatic carbocycles. The Morgan fingerprint density at radius 1 is 1.20 bits per heavy atom. The highest BCUT2D eigenvalue weighted by molar-refractivity contribution is 6.73. The highest BCUT2D eigenvalue weighted by Gasteiger charge is 2.56. The van der Waals surface area contributed by atoms with Crippen LogP contribution >= 0.6 is 0 Å². The minimum absolute atomic E-state index is 0.110. The first-order valence-corrected chi connectivity index (χ1v) is 10.9. The zero-order chi connectivity index (χ0) is 15.4. The van der Waals surface area contributed by atoms with Crippen LogP contribution in [0.4, 0.5) is 0 Å². The summed E-state index contributed by atoms with van der Waals surface area (Å²) in [5.41, 5.74) is -0.330. The molecule has 3 nitrogen and oxygen atoms in total. The van der Waals surface area contributed by atoms with E-state index in [9.17, 15) is 5.11 Å². The third kappa shape index (κ3) is 3.84. The molecule has 0 aromatic heterocycles. The lowest BCUT2D eigenvalue weighted by molar-refractivity contribution is 0.102. The normalized spacial score (nSPS) is 29.2. The van der Waals surface area contributed by atoms with E-state index >= 15 is 0 Å².